The van der Waals surface area contributed by atoms with Crippen LogP contribution in [0.2, 0.25) is 0 Å². The van der Waals surface area contributed by atoms with E-state index in [-0.39, 0.29) is 17.7 Å². The highest BCUT2D eigenvalue weighted by Gasteiger charge is 2.30. The van der Waals surface area contributed by atoms with Gasteiger partial charge in [0.25, 0.3) is 0 Å². The Morgan fingerprint density at radius 3 is 2.40 bits per heavy atom. The van der Waals surface area contributed by atoms with E-state index in [0.29, 0.717) is 5.92 Å². The molecule has 0 bridgehead atoms. The van der Waals surface area contributed by atoms with E-state index >= 15 is 0 Å². The molecule has 1 aliphatic rings. The summed E-state index contributed by atoms with van der Waals surface area (Å²) < 4.78 is 26.2. The van der Waals surface area contributed by atoms with Gasteiger partial charge in [-0.2, -0.15) is 0 Å². The molecule has 0 aromatic rings. The zero-order chi connectivity index (χ0) is 11.6. The predicted molar refractivity (Wildman–Crippen MR) is 62.2 cm³/mol. The summed E-state index contributed by atoms with van der Waals surface area (Å²) in [5.41, 5.74) is 0. The minimum atomic E-state index is -3.10. The van der Waals surface area contributed by atoms with Gasteiger partial charge in [-0.1, -0.05) is 20.8 Å². The molecule has 1 aliphatic heterocycles. The van der Waals surface area contributed by atoms with Gasteiger partial charge in [0.2, 0.25) is 10.0 Å². The van der Waals surface area contributed by atoms with Gasteiger partial charge in [0.15, 0.2) is 0 Å². The van der Waals surface area contributed by atoms with Gasteiger partial charge in [-0.15, -0.1) is 0 Å². The number of nitrogens with zero attached hydrogens (tertiary/aromatic N) is 1. The molecule has 90 valence electrons. The van der Waals surface area contributed by atoms with Crippen molar-refractivity contribution in [3.05, 3.63) is 0 Å². The minimum absolute atomic E-state index is 0.0822. The van der Waals surface area contributed by atoms with Gasteiger partial charge in [-0.3, -0.25) is 0 Å². The summed E-state index contributed by atoms with van der Waals surface area (Å²) in [5, 5.41) is 0. The van der Waals surface area contributed by atoms with Crippen LogP contribution in [-0.2, 0) is 10.0 Å². The number of likely N-dealkylation sites (tertiary alicyclic amines) is 1. The molecule has 5 heteroatoms. The first-order chi connectivity index (χ1) is 6.80. The molecule has 1 heterocycles. The lowest BCUT2D eigenvalue weighted by atomic mass is 10.1. The molecule has 4 nitrogen and oxygen atoms in total. The van der Waals surface area contributed by atoms with Gasteiger partial charge in [0, 0.05) is 19.1 Å². The van der Waals surface area contributed by atoms with E-state index in [0.717, 1.165) is 13.1 Å². The van der Waals surface area contributed by atoms with Crippen LogP contribution in [-0.4, -0.2) is 45.2 Å². The van der Waals surface area contributed by atoms with Crippen LogP contribution >= 0.6 is 0 Å². The maximum absolute atomic E-state index is 11.7. The Morgan fingerprint density at radius 1 is 1.40 bits per heavy atom. The molecular weight excluding hydrogens is 212 g/mol. The van der Waals surface area contributed by atoms with Gasteiger partial charge >= 0.3 is 0 Å². The Kier molecular flexibility index (Phi) is 4.14. The first-order valence-electron chi connectivity index (χ1n) is 5.48. The van der Waals surface area contributed by atoms with Crippen molar-refractivity contribution in [2.24, 2.45) is 11.8 Å². The summed E-state index contributed by atoms with van der Waals surface area (Å²) in [5.74, 6) is 0.800. The van der Waals surface area contributed by atoms with Gasteiger partial charge in [0.1, 0.15) is 0 Å². The molecule has 2 unspecified atom stereocenters. The average Bonchev–Trinajstić information content (AvgIpc) is 2.25. The van der Waals surface area contributed by atoms with Crippen LogP contribution in [0.3, 0.4) is 0 Å². The van der Waals surface area contributed by atoms with Crippen molar-refractivity contribution in [2.45, 2.75) is 26.8 Å². The van der Waals surface area contributed by atoms with Crippen molar-refractivity contribution in [3.8, 4) is 0 Å². The van der Waals surface area contributed by atoms with Crippen molar-refractivity contribution < 1.29 is 8.42 Å². The number of hydrogen-bond acceptors (Lipinski definition) is 3. The van der Waals surface area contributed by atoms with Crippen molar-refractivity contribution in [1.82, 2.24) is 9.62 Å². The number of nitrogens with one attached hydrogen (secondary N) is 1. The lowest BCUT2D eigenvalue weighted by molar-refractivity contribution is 0.400. The first-order valence-corrected chi connectivity index (χ1v) is 7.14. The molecule has 0 aromatic carbocycles. The minimum Gasteiger partial charge on any atom is -0.304 e. The lowest BCUT2D eigenvalue weighted by Crippen LogP contribution is -2.41. The van der Waals surface area contributed by atoms with Gasteiger partial charge in [0.05, 0.1) is 5.75 Å². The third-order valence-electron chi connectivity index (χ3n) is 2.68. The number of likely N-dealkylation sites (N-methyl/N-ethyl adjacent to an activating group) is 1. The summed E-state index contributed by atoms with van der Waals surface area (Å²) in [6.45, 7) is 7.71. The average molecular weight is 234 g/mol. The molecule has 1 fully saturated rings. The molecule has 1 rings (SSSR count). The van der Waals surface area contributed by atoms with Crippen molar-refractivity contribution in [1.29, 1.82) is 0 Å². The molecule has 0 aromatic heterocycles. The van der Waals surface area contributed by atoms with E-state index in [4.69, 9.17) is 0 Å². The Hall–Kier alpha value is -0.130. The van der Waals surface area contributed by atoms with E-state index in [9.17, 15) is 8.42 Å². The summed E-state index contributed by atoms with van der Waals surface area (Å²) in [7, 11) is -1.08. The molecular formula is C10H22N2O2S. The molecule has 0 spiro atoms. The fourth-order valence-corrected chi connectivity index (χ4v) is 3.82. The van der Waals surface area contributed by atoms with Crippen LogP contribution in [0.25, 0.3) is 0 Å². The van der Waals surface area contributed by atoms with Crippen LogP contribution in [0.1, 0.15) is 20.8 Å². The monoisotopic (exact) mass is 234 g/mol. The number of sulfonamides is 1. The Bertz CT molecular complexity index is 301. The van der Waals surface area contributed by atoms with Crippen molar-refractivity contribution in [3.63, 3.8) is 0 Å². The highest BCUT2D eigenvalue weighted by molar-refractivity contribution is 7.89. The smallest absolute Gasteiger partial charge is 0.212 e. The Labute approximate surface area is 93.1 Å². The van der Waals surface area contributed by atoms with Gasteiger partial charge in [-0.25, -0.2) is 13.1 Å². The van der Waals surface area contributed by atoms with Crippen LogP contribution in [0, 0.1) is 11.8 Å². The quantitative estimate of drug-likeness (QED) is 0.771. The van der Waals surface area contributed by atoms with E-state index in [2.05, 4.69) is 16.5 Å². The Morgan fingerprint density at radius 2 is 2.00 bits per heavy atom. The van der Waals surface area contributed by atoms with Gasteiger partial charge < -0.3 is 4.90 Å². The topological polar surface area (TPSA) is 49.4 Å². The number of hydrogen-bond donors (Lipinski definition) is 1. The maximum atomic E-state index is 11.7. The second-order valence-corrected chi connectivity index (χ2v) is 6.90. The Balaban J connectivity index is 2.54. The first kappa shape index (κ1) is 12.9. The summed E-state index contributed by atoms with van der Waals surface area (Å²) >= 11 is 0. The van der Waals surface area contributed by atoms with Crippen LogP contribution in [0.4, 0.5) is 0 Å². The molecule has 2 atom stereocenters. The highest BCUT2D eigenvalue weighted by atomic mass is 32.2. The fraction of sp³-hybridized carbons (Fsp3) is 1.00. The second-order valence-electron chi connectivity index (χ2n) is 5.10. The van der Waals surface area contributed by atoms with Crippen molar-refractivity contribution >= 4 is 10.0 Å². The lowest BCUT2D eigenvalue weighted by Gasteiger charge is -2.17. The summed E-state index contributed by atoms with van der Waals surface area (Å²) in [6.07, 6.45) is 0. The maximum Gasteiger partial charge on any atom is 0.212 e. The van der Waals surface area contributed by atoms with Gasteiger partial charge in [-0.05, 0) is 18.9 Å². The third kappa shape index (κ3) is 4.09. The van der Waals surface area contributed by atoms with Crippen LogP contribution in [0.15, 0.2) is 0 Å². The third-order valence-corrected chi connectivity index (χ3v) is 4.45. The summed E-state index contributed by atoms with van der Waals surface area (Å²) in [4.78, 5) is 2.16. The van der Waals surface area contributed by atoms with Crippen LogP contribution in [0.5, 0.6) is 0 Å². The van der Waals surface area contributed by atoms with E-state index in [1.54, 1.807) is 0 Å². The molecule has 15 heavy (non-hydrogen) atoms. The fourth-order valence-electron chi connectivity index (χ4n) is 2.08. The molecule has 1 N–H and O–H groups in total. The summed E-state index contributed by atoms with van der Waals surface area (Å²) in [6, 6.07) is 0.0822. The molecule has 0 aliphatic carbocycles. The number of rotatable bonds is 4. The second kappa shape index (κ2) is 4.80. The van der Waals surface area contributed by atoms with E-state index in [1.165, 1.54) is 0 Å². The molecule has 0 radical (unpaired) electrons. The molecule has 0 saturated carbocycles. The zero-order valence-corrected chi connectivity index (χ0v) is 10.8. The zero-order valence-electron chi connectivity index (χ0n) is 10.0. The predicted octanol–water partition coefficient (Wildman–Crippen LogP) is 0.512. The highest BCUT2D eigenvalue weighted by Crippen LogP contribution is 2.15. The normalized spacial score (nSPS) is 28.9. The molecule has 1 saturated heterocycles. The van der Waals surface area contributed by atoms with Crippen LogP contribution < -0.4 is 4.72 Å². The SMILES string of the molecule is CC(C)CS(=O)(=O)NC1CN(C)CC1C. The molecule has 0 amide bonds. The van der Waals surface area contributed by atoms with E-state index in [1.807, 2.05) is 20.9 Å². The van der Waals surface area contributed by atoms with E-state index < -0.39 is 10.0 Å². The largest absolute Gasteiger partial charge is 0.304 e. The van der Waals surface area contributed by atoms with Crippen molar-refractivity contribution in [2.75, 3.05) is 25.9 Å². The standard InChI is InChI=1S/C10H22N2O2S/c1-8(2)7-15(13,14)11-10-6-12(4)5-9(10)3/h8-11H,5-7H2,1-4H3.